The first kappa shape index (κ1) is 10.5. The smallest absolute Gasteiger partial charge is 0.408 e. The fraction of sp³-hybridized carbons (Fsp3) is 0.273. The molecule has 0 aliphatic heterocycles. The van der Waals surface area contributed by atoms with Crippen LogP contribution in [0.5, 0.6) is 0 Å². The summed E-state index contributed by atoms with van der Waals surface area (Å²) in [5.74, 6) is -0.384. The lowest BCUT2D eigenvalue weighted by Gasteiger charge is -2.15. The van der Waals surface area contributed by atoms with E-state index < -0.39 is 0 Å². The van der Waals surface area contributed by atoms with Crippen LogP contribution in [-0.2, 0) is 11.8 Å². The van der Waals surface area contributed by atoms with Crippen LogP contribution in [0.1, 0.15) is 0 Å². The maximum absolute atomic E-state index is 11.3. The lowest BCUT2D eigenvalue weighted by atomic mass is 10.2. The molecule has 1 aromatic heterocycles. The lowest BCUT2D eigenvalue weighted by Crippen LogP contribution is -2.19. The van der Waals surface area contributed by atoms with Crippen LogP contribution in [0, 0.1) is 0 Å². The highest BCUT2D eigenvalue weighted by atomic mass is 16.4. The molecule has 84 valence electrons. The molecule has 2 aromatic rings. The van der Waals surface area contributed by atoms with Crippen LogP contribution in [-0.4, -0.2) is 24.4 Å². The molecule has 0 saturated heterocycles. The number of hydrogen-bond donors (Lipinski definition) is 0. The number of benzene rings is 1. The summed E-state index contributed by atoms with van der Waals surface area (Å²) < 4.78 is 6.50. The van der Waals surface area contributed by atoms with Crippen molar-refractivity contribution in [2.75, 3.05) is 18.5 Å². The van der Waals surface area contributed by atoms with Gasteiger partial charge < -0.3 is 14.1 Å². The van der Waals surface area contributed by atoms with Gasteiger partial charge in [0.15, 0.2) is 5.58 Å². The Morgan fingerprint density at radius 3 is 2.94 bits per heavy atom. The third-order valence-corrected chi connectivity index (χ3v) is 2.57. The molecular formula is C11H12N2O3. The van der Waals surface area contributed by atoms with Gasteiger partial charge in [0.25, 0.3) is 0 Å². The number of carbonyl (C=O) groups excluding carboxylic acids is 1. The van der Waals surface area contributed by atoms with E-state index in [0.29, 0.717) is 12.1 Å². The number of fused-ring (bicyclic) bond motifs is 1. The minimum absolute atomic E-state index is 0.308. The molecule has 0 N–H and O–H groups in total. The fourth-order valence-corrected chi connectivity index (χ4v) is 1.58. The number of aldehydes is 1. The zero-order valence-corrected chi connectivity index (χ0v) is 9.14. The summed E-state index contributed by atoms with van der Waals surface area (Å²) >= 11 is 0. The van der Waals surface area contributed by atoms with E-state index in [1.54, 1.807) is 31.1 Å². The minimum Gasteiger partial charge on any atom is -0.408 e. The van der Waals surface area contributed by atoms with Crippen LogP contribution in [0.3, 0.4) is 0 Å². The van der Waals surface area contributed by atoms with E-state index in [-0.39, 0.29) is 5.76 Å². The molecule has 1 heterocycles. The van der Waals surface area contributed by atoms with Gasteiger partial charge in [-0.1, -0.05) is 0 Å². The zero-order chi connectivity index (χ0) is 11.7. The third-order valence-electron chi connectivity index (χ3n) is 2.57. The van der Waals surface area contributed by atoms with Crippen LogP contribution >= 0.6 is 0 Å². The molecule has 0 aliphatic rings. The second-order valence-corrected chi connectivity index (χ2v) is 3.63. The lowest BCUT2D eigenvalue weighted by molar-refractivity contribution is -0.106. The van der Waals surface area contributed by atoms with E-state index in [1.165, 1.54) is 4.57 Å². The Balaban J connectivity index is 2.52. The average molecular weight is 220 g/mol. The number of likely N-dealkylation sites (N-methyl/N-ethyl adjacent to an activating group) is 1. The van der Waals surface area contributed by atoms with Gasteiger partial charge in [-0.25, -0.2) is 4.79 Å². The highest BCUT2D eigenvalue weighted by Crippen LogP contribution is 2.19. The van der Waals surface area contributed by atoms with Crippen molar-refractivity contribution in [3.05, 3.63) is 28.7 Å². The second kappa shape index (κ2) is 3.84. The Morgan fingerprint density at radius 2 is 2.25 bits per heavy atom. The molecule has 16 heavy (non-hydrogen) atoms. The Morgan fingerprint density at radius 1 is 1.50 bits per heavy atom. The van der Waals surface area contributed by atoms with Crippen molar-refractivity contribution in [2.24, 2.45) is 7.05 Å². The molecule has 0 fully saturated rings. The van der Waals surface area contributed by atoms with E-state index in [9.17, 15) is 9.59 Å². The molecule has 0 saturated carbocycles. The van der Waals surface area contributed by atoms with Gasteiger partial charge in [-0.15, -0.1) is 0 Å². The summed E-state index contributed by atoms with van der Waals surface area (Å²) in [6.07, 6.45) is 0.825. The van der Waals surface area contributed by atoms with Gasteiger partial charge in [0.1, 0.15) is 6.29 Å². The Kier molecular flexibility index (Phi) is 2.52. The number of oxazole rings is 1. The quantitative estimate of drug-likeness (QED) is 0.717. The van der Waals surface area contributed by atoms with Crippen LogP contribution in [0.25, 0.3) is 11.1 Å². The van der Waals surface area contributed by atoms with E-state index in [0.717, 1.165) is 17.5 Å². The van der Waals surface area contributed by atoms with Gasteiger partial charge in [0.2, 0.25) is 0 Å². The number of carbonyl (C=O) groups is 1. The number of rotatable bonds is 3. The molecule has 0 aliphatic carbocycles. The summed E-state index contributed by atoms with van der Waals surface area (Å²) in [4.78, 5) is 23.4. The summed E-state index contributed by atoms with van der Waals surface area (Å²) in [7, 11) is 3.46. The van der Waals surface area contributed by atoms with E-state index >= 15 is 0 Å². The van der Waals surface area contributed by atoms with Crippen LogP contribution < -0.4 is 10.7 Å². The van der Waals surface area contributed by atoms with Crippen molar-refractivity contribution in [3.8, 4) is 0 Å². The molecule has 1 aromatic carbocycles. The van der Waals surface area contributed by atoms with E-state index in [1.807, 2.05) is 6.07 Å². The molecule has 0 radical (unpaired) electrons. The molecule has 2 rings (SSSR count). The molecule has 0 amide bonds. The van der Waals surface area contributed by atoms with E-state index in [4.69, 9.17) is 4.42 Å². The van der Waals surface area contributed by atoms with Gasteiger partial charge in [-0.2, -0.15) is 0 Å². The monoisotopic (exact) mass is 220 g/mol. The molecule has 0 unspecified atom stereocenters. The van der Waals surface area contributed by atoms with Gasteiger partial charge in [0.05, 0.1) is 12.1 Å². The number of hydrogen-bond acceptors (Lipinski definition) is 4. The Hall–Kier alpha value is -2.04. The molecule has 0 bridgehead atoms. The van der Waals surface area contributed by atoms with Gasteiger partial charge >= 0.3 is 5.76 Å². The predicted octanol–water partition coefficient (Wildman–Crippen LogP) is 0.767. The number of anilines is 1. The first-order valence-corrected chi connectivity index (χ1v) is 4.88. The number of aromatic nitrogens is 1. The second-order valence-electron chi connectivity index (χ2n) is 3.63. The SMILES string of the molecule is CN(CC=O)c1ccc2c(c1)oc(=O)n2C. The summed E-state index contributed by atoms with van der Waals surface area (Å²) in [5, 5.41) is 0. The predicted molar refractivity (Wildman–Crippen MR) is 60.8 cm³/mol. The standard InChI is InChI=1S/C11H12N2O3/c1-12(5-6-14)8-3-4-9-10(7-8)16-11(15)13(9)2/h3-4,6-7H,5H2,1-2H3. The summed E-state index contributed by atoms with van der Waals surface area (Å²) in [6, 6.07) is 5.40. The summed E-state index contributed by atoms with van der Waals surface area (Å²) in [6.45, 7) is 0.308. The van der Waals surface area contributed by atoms with Gasteiger partial charge in [-0.3, -0.25) is 4.57 Å². The third kappa shape index (κ3) is 1.60. The molecule has 5 heteroatoms. The van der Waals surface area contributed by atoms with E-state index in [2.05, 4.69) is 0 Å². The number of aryl methyl sites for hydroxylation is 1. The first-order valence-electron chi connectivity index (χ1n) is 4.88. The largest absolute Gasteiger partial charge is 0.419 e. The maximum atomic E-state index is 11.3. The van der Waals surface area contributed by atoms with Crippen molar-refractivity contribution >= 4 is 23.1 Å². The molecule has 5 nitrogen and oxygen atoms in total. The fourth-order valence-electron chi connectivity index (χ4n) is 1.58. The molecule has 0 spiro atoms. The topological polar surface area (TPSA) is 55.5 Å². The van der Waals surface area contributed by atoms with Crippen LogP contribution in [0.2, 0.25) is 0 Å². The van der Waals surface area contributed by atoms with Crippen molar-refractivity contribution < 1.29 is 9.21 Å². The first-order chi connectivity index (χ1) is 7.63. The van der Waals surface area contributed by atoms with Crippen LogP contribution in [0.15, 0.2) is 27.4 Å². The van der Waals surface area contributed by atoms with Crippen molar-refractivity contribution in [1.82, 2.24) is 4.57 Å². The number of nitrogens with zero attached hydrogens (tertiary/aromatic N) is 2. The van der Waals surface area contributed by atoms with Crippen molar-refractivity contribution in [1.29, 1.82) is 0 Å². The van der Waals surface area contributed by atoms with Crippen LogP contribution in [0.4, 0.5) is 5.69 Å². The maximum Gasteiger partial charge on any atom is 0.419 e. The highest BCUT2D eigenvalue weighted by Gasteiger charge is 2.08. The molecule has 0 atom stereocenters. The Bertz CT molecular complexity index is 582. The van der Waals surface area contributed by atoms with Crippen molar-refractivity contribution in [2.45, 2.75) is 0 Å². The van der Waals surface area contributed by atoms with Gasteiger partial charge in [-0.05, 0) is 12.1 Å². The average Bonchev–Trinajstić information content (AvgIpc) is 2.55. The normalized spacial score (nSPS) is 10.6. The molecular weight excluding hydrogens is 208 g/mol. The summed E-state index contributed by atoms with van der Waals surface area (Å²) in [5.41, 5.74) is 2.12. The van der Waals surface area contributed by atoms with Gasteiger partial charge in [0, 0.05) is 25.8 Å². The zero-order valence-electron chi connectivity index (χ0n) is 9.14. The highest BCUT2D eigenvalue weighted by molar-refractivity contribution is 5.78. The Labute approximate surface area is 91.9 Å². The minimum atomic E-state index is -0.384. The van der Waals surface area contributed by atoms with Crippen molar-refractivity contribution in [3.63, 3.8) is 0 Å².